The Balaban J connectivity index is 1.15. The normalized spacial score (nSPS) is 20.0. The Morgan fingerprint density at radius 3 is 2.49 bits per heavy atom. The summed E-state index contributed by atoms with van der Waals surface area (Å²) in [6, 6.07) is 18.4. The molecule has 0 spiro atoms. The van der Waals surface area contributed by atoms with Crippen LogP contribution in [-0.4, -0.2) is 52.8 Å². The summed E-state index contributed by atoms with van der Waals surface area (Å²) in [5.41, 5.74) is 11.4. The van der Waals surface area contributed by atoms with Crippen molar-refractivity contribution in [3.05, 3.63) is 82.5 Å². The van der Waals surface area contributed by atoms with E-state index in [1.807, 2.05) is 49.4 Å². The number of piperidine rings is 1. The van der Waals surface area contributed by atoms with E-state index in [-0.39, 0.29) is 35.8 Å². The number of anilines is 1. The molecular formula is C38H43ClN6O4. The van der Waals surface area contributed by atoms with Crippen molar-refractivity contribution in [2.45, 2.75) is 64.3 Å². The molecule has 10 nitrogen and oxygen atoms in total. The van der Waals surface area contributed by atoms with Gasteiger partial charge < -0.3 is 21.7 Å². The zero-order valence-corrected chi connectivity index (χ0v) is 28.4. The Bertz CT molecular complexity index is 1850. The molecule has 1 saturated heterocycles. The van der Waals surface area contributed by atoms with Crippen molar-refractivity contribution in [3.8, 4) is 11.1 Å². The van der Waals surface area contributed by atoms with Crippen molar-refractivity contribution in [1.82, 2.24) is 20.8 Å². The maximum Gasteiger partial charge on any atom is 0.251 e. The lowest BCUT2D eigenvalue weighted by atomic mass is 9.77. The smallest absolute Gasteiger partial charge is 0.251 e. The average Bonchev–Trinajstić information content (AvgIpc) is 3.48. The number of amides is 3. The number of nitrogens with zero attached hydrogens (tertiary/aromatic N) is 1. The number of H-pyrrole nitrogens is 1. The highest BCUT2D eigenvalue weighted by Crippen LogP contribution is 2.32. The van der Waals surface area contributed by atoms with Gasteiger partial charge in [-0.1, -0.05) is 41.9 Å². The molecule has 2 atom stereocenters. The summed E-state index contributed by atoms with van der Waals surface area (Å²) in [7, 11) is 0. The Morgan fingerprint density at radius 2 is 1.78 bits per heavy atom. The lowest BCUT2D eigenvalue weighted by Crippen LogP contribution is -2.50. The summed E-state index contributed by atoms with van der Waals surface area (Å²) in [4.78, 5) is 52.2. The van der Waals surface area contributed by atoms with Crippen molar-refractivity contribution in [2.75, 3.05) is 18.4 Å². The van der Waals surface area contributed by atoms with Crippen LogP contribution >= 0.6 is 11.6 Å². The highest BCUT2D eigenvalue weighted by Gasteiger charge is 2.30. The molecule has 3 amide bonds. The number of aromatic amines is 1. The van der Waals surface area contributed by atoms with Gasteiger partial charge in [-0.05, 0) is 117 Å². The largest absolute Gasteiger partial charge is 0.354 e. The van der Waals surface area contributed by atoms with Gasteiger partial charge >= 0.3 is 0 Å². The fraction of sp³-hybridized carbons (Fsp3) is 0.395. The summed E-state index contributed by atoms with van der Waals surface area (Å²) in [6.45, 7) is 3.24. The third kappa shape index (κ3) is 8.20. The van der Waals surface area contributed by atoms with Gasteiger partial charge in [0.2, 0.25) is 11.8 Å². The van der Waals surface area contributed by atoms with Gasteiger partial charge in [0.05, 0.1) is 5.52 Å². The van der Waals surface area contributed by atoms with Gasteiger partial charge in [-0.2, -0.15) is 5.10 Å². The van der Waals surface area contributed by atoms with E-state index in [4.69, 9.17) is 17.3 Å². The molecule has 1 aromatic heterocycles. The number of halogens is 1. The standard InChI is InChI=1S/C38H43ClN6O4/c1-22-17-27(36(47)43-32-3-2-16-41-38(32)49)12-14-30(22)25-8-4-23(5-9-25)18-28(19-34(46)26-10-6-24(21-40)7-11-26)37(48)42-29-13-15-31-33(20-29)44-45-35(31)39/h4-5,8-9,12-15,17,20,24,26,28,32H,2-3,6-7,10-11,16,18-19,21,40H2,1H3,(H,41,49)(H,42,48)(H,43,47)(H,44,45)/t24?,26?,28?,32-/m0/s1. The molecule has 4 aromatic rings. The number of fused-ring (bicyclic) bond motifs is 1. The van der Waals surface area contributed by atoms with Crippen LogP contribution in [-0.2, 0) is 20.8 Å². The molecule has 3 aromatic carbocycles. The molecule has 49 heavy (non-hydrogen) atoms. The van der Waals surface area contributed by atoms with Crippen molar-refractivity contribution >= 4 is 51.7 Å². The Hall–Kier alpha value is -4.54. The molecule has 1 aliphatic carbocycles. The summed E-state index contributed by atoms with van der Waals surface area (Å²) >= 11 is 6.16. The van der Waals surface area contributed by atoms with Crippen LogP contribution in [0.1, 0.15) is 66.4 Å². The minimum Gasteiger partial charge on any atom is -0.354 e. The van der Waals surface area contributed by atoms with Crippen LogP contribution in [0, 0.1) is 24.7 Å². The molecule has 1 unspecified atom stereocenters. The van der Waals surface area contributed by atoms with Gasteiger partial charge in [-0.25, -0.2) is 0 Å². The first kappa shape index (κ1) is 34.3. The number of aryl methyl sites for hydroxylation is 1. The van der Waals surface area contributed by atoms with E-state index in [1.165, 1.54) is 0 Å². The van der Waals surface area contributed by atoms with E-state index < -0.39 is 12.0 Å². The van der Waals surface area contributed by atoms with Crippen LogP contribution in [0.15, 0.2) is 60.7 Å². The number of carbonyl (C=O) groups excluding carboxylic acids is 4. The van der Waals surface area contributed by atoms with Crippen molar-refractivity contribution in [1.29, 1.82) is 0 Å². The second kappa shape index (κ2) is 15.3. The molecule has 2 heterocycles. The van der Waals surface area contributed by atoms with E-state index in [9.17, 15) is 19.2 Å². The second-order valence-corrected chi connectivity index (χ2v) is 13.8. The van der Waals surface area contributed by atoms with E-state index in [2.05, 4.69) is 26.1 Å². The van der Waals surface area contributed by atoms with E-state index in [1.54, 1.807) is 18.2 Å². The molecular weight excluding hydrogens is 640 g/mol. The first-order chi connectivity index (χ1) is 23.7. The van der Waals surface area contributed by atoms with Crippen LogP contribution in [0.4, 0.5) is 5.69 Å². The number of benzene rings is 3. The van der Waals surface area contributed by atoms with Crippen molar-refractivity contribution in [3.63, 3.8) is 0 Å². The van der Waals surface area contributed by atoms with Gasteiger partial charge in [0.15, 0.2) is 0 Å². The monoisotopic (exact) mass is 682 g/mol. The van der Waals surface area contributed by atoms with Gasteiger partial charge in [0.25, 0.3) is 5.91 Å². The SMILES string of the molecule is Cc1cc(C(=O)N[C@H]2CCCNC2=O)ccc1-c1ccc(CC(CC(=O)C2CCC(CN)CC2)C(=O)Nc2ccc3c(Cl)[nH]nc3c2)cc1. The number of rotatable bonds is 11. The van der Waals surface area contributed by atoms with Crippen molar-refractivity contribution < 1.29 is 19.2 Å². The number of carbonyl (C=O) groups is 4. The fourth-order valence-corrected chi connectivity index (χ4v) is 7.28. The van der Waals surface area contributed by atoms with Crippen LogP contribution in [0.25, 0.3) is 22.0 Å². The van der Waals surface area contributed by atoms with Crippen LogP contribution in [0.5, 0.6) is 0 Å². The summed E-state index contributed by atoms with van der Waals surface area (Å²) in [5, 5.41) is 16.8. The number of nitrogens with two attached hydrogens (primary N) is 1. The fourth-order valence-electron chi connectivity index (χ4n) is 7.07. The van der Waals surface area contributed by atoms with Gasteiger partial charge in [0, 0.05) is 41.4 Å². The number of hydrogen-bond donors (Lipinski definition) is 5. The third-order valence-corrected chi connectivity index (χ3v) is 10.3. The van der Waals surface area contributed by atoms with Gasteiger partial charge in [-0.3, -0.25) is 24.3 Å². The highest BCUT2D eigenvalue weighted by atomic mass is 35.5. The summed E-state index contributed by atoms with van der Waals surface area (Å²) < 4.78 is 0. The lowest BCUT2D eigenvalue weighted by Gasteiger charge is -2.27. The maximum atomic E-state index is 13.7. The molecule has 6 N–H and O–H groups in total. The number of aromatic nitrogens is 2. The molecule has 0 radical (unpaired) electrons. The summed E-state index contributed by atoms with van der Waals surface area (Å²) in [6.07, 6.45) is 5.54. The minimum atomic E-state index is -0.560. The number of nitrogens with one attached hydrogen (secondary N) is 4. The second-order valence-electron chi connectivity index (χ2n) is 13.5. The molecule has 1 saturated carbocycles. The molecule has 6 rings (SSSR count). The van der Waals surface area contributed by atoms with Crippen molar-refractivity contribution in [2.24, 2.45) is 23.5 Å². The average molecular weight is 683 g/mol. The minimum absolute atomic E-state index is 0.0455. The van der Waals surface area contributed by atoms with Crippen LogP contribution < -0.4 is 21.7 Å². The maximum absolute atomic E-state index is 13.7. The Labute approximate surface area is 290 Å². The number of hydrogen-bond acceptors (Lipinski definition) is 6. The highest BCUT2D eigenvalue weighted by molar-refractivity contribution is 6.34. The predicted octanol–water partition coefficient (Wildman–Crippen LogP) is 5.72. The third-order valence-electron chi connectivity index (χ3n) is 10.1. The lowest BCUT2D eigenvalue weighted by molar-refractivity contribution is -0.129. The van der Waals surface area contributed by atoms with E-state index >= 15 is 0 Å². The van der Waals surface area contributed by atoms with E-state index in [0.29, 0.717) is 53.8 Å². The first-order valence-corrected chi connectivity index (χ1v) is 17.5. The zero-order valence-electron chi connectivity index (χ0n) is 27.7. The molecule has 0 bridgehead atoms. The summed E-state index contributed by atoms with van der Waals surface area (Å²) in [5.74, 6) is -0.645. The number of Topliss-reactive ketones (excluding diaryl/α,β-unsaturated/α-hetero) is 1. The Morgan fingerprint density at radius 1 is 1.00 bits per heavy atom. The number of ketones is 1. The topological polar surface area (TPSA) is 159 Å². The van der Waals surface area contributed by atoms with Crippen LogP contribution in [0.3, 0.4) is 0 Å². The quantitative estimate of drug-likeness (QED) is 0.136. The van der Waals surface area contributed by atoms with Gasteiger partial charge in [-0.15, -0.1) is 0 Å². The molecule has 2 fully saturated rings. The first-order valence-electron chi connectivity index (χ1n) is 17.1. The zero-order chi connectivity index (χ0) is 34.5. The van der Waals surface area contributed by atoms with Gasteiger partial charge in [0.1, 0.15) is 17.0 Å². The van der Waals surface area contributed by atoms with Crippen LogP contribution in [0.2, 0.25) is 5.15 Å². The molecule has 256 valence electrons. The molecule has 2 aliphatic rings. The molecule has 11 heteroatoms. The molecule has 1 aliphatic heterocycles. The van der Waals surface area contributed by atoms with E-state index in [0.717, 1.165) is 59.7 Å². The predicted molar refractivity (Wildman–Crippen MR) is 191 cm³/mol. The Kier molecular flexibility index (Phi) is 10.7.